The standard InChI is InChI=1S/C44H63N3O4S/c1-2-3-4-5-6-7-8-9-10-11-12-13-14-15-16-22-44(48)51-36-50-43-26-24-37-23-25-38(35-40(37)45-43)49-33-18-17-28-46-29-31-47(32-30-46)41-20-19-21-42-39(41)27-34-52-42/h19-21,23-27,34-35H,2-18,22,28-33,36H2,1H3. The third kappa shape index (κ3) is 13.9. The van der Waals surface area contributed by atoms with Crippen molar-refractivity contribution in [2.75, 3.05) is 51.0 Å². The summed E-state index contributed by atoms with van der Waals surface area (Å²) in [4.78, 5) is 21.9. The molecule has 52 heavy (non-hydrogen) atoms. The lowest BCUT2D eigenvalue weighted by molar-refractivity contribution is -0.150. The highest BCUT2D eigenvalue weighted by Gasteiger charge is 2.18. The van der Waals surface area contributed by atoms with Gasteiger partial charge in [-0.15, -0.1) is 11.3 Å². The molecule has 284 valence electrons. The maximum atomic E-state index is 12.2. The number of ether oxygens (including phenoxy) is 3. The summed E-state index contributed by atoms with van der Waals surface area (Å²) < 4.78 is 18.5. The average Bonchev–Trinajstić information content (AvgIpc) is 3.66. The number of carbonyl (C=O) groups excluding carboxylic acids is 1. The zero-order chi connectivity index (χ0) is 36.1. The van der Waals surface area contributed by atoms with Crippen molar-refractivity contribution in [3.63, 3.8) is 0 Å². The first-order valence-electron chi connectivity index (χ1n) is 20.4. The summed E-state index contributed by atoms with van der Waals surface area (Å²) in [5, 5.41) is 4.59. The van der Waals surface area contributed by atoms with Crippen molar-refractivity contribution in [1.29, 1.82) is 0 Å². The molecule has 1 saturated heterocycles. The molecule has 4 aromatic rings. The molecule has 2 aromatic carbocycles. The van der Waals surface area contributed by atoms with E-state index in [-0.39, 0.29) is 12.8 Å². The van der Waals surface area contributed by atoms with E-state index in [0.717, 1.165) is 75.1 Å². The molecule has 1 aliphatic heterocycles. The van der Waals surface area contributed by atoms with Crippen molar-refractivity contribution in [3.8, 4) is 11.6 Å². The highest BCUT2D eigenvalue weighted by atomic mass is 32.1. The largest absolute Gasteiger partial charge is 0.494 e. The van der Waals surface area contributed by atoms with Crippen LogP contribution in [0.2, 0.25) is 0 Å². The number of esters is 1. The van der Waals surface area contributed by atoms with E-state index in [2.05, 4.69) is 51.4 Å². The number of piperazine rings is 1. The second-order valence-electron chi connectivity index (χ2n) is 14.5. The number of anilines is 1. The van der Waals surface area contributed by atoms with Crippen molar-refractivity contribution in [1.82, 2.24) is 9.88 Å². The molecule has 0 unspecified atom stereocenters. The van der Waals surface area contributed by atoms with Gasteiger partial charge >= 0.3 is 5.97 Å². The Morgan fingerprint density at radius 3 is 2.15 bits per heavy atom. The molecule has 8 heteroatoms. The van der Waals surface area contributed by atoms with Crippen molar-refractivity contribution in [3.05, 3.63) is 60.0 Å². The first kappa shape index (κ1) is 39.8. The molecule has 0 atom stereocenters. The van der Waals surface area contributed by atoms with E-state index in [1.165, 1.54) is 99.2 Å². The topological polar surface area (TPSA) is 64.1 Å². The fraction of sp³-hybridized carbons (Fsp3) is 0.591. The Morgan fingerprint density at radius 1 is 0.731 bits per heavy atom. The van der Waals surface area contributed by atoms with Crippen LogP contribution in [-0.2, 0) is 9.53 Å². The highest BCUT2D eigenvalue weighted by Crippen LogP contribution is 2.31. The van der Waals surface area contributed by atoms with Gasteiger partial charge in [0.15, 0.2) is 0 Å². The number of thiophene rings is 1. The predicted molar refractivity (Wildman–Crippen MR) is 218 cm³/mol. The molecule has 0 saturated carbocycles. The summed E-state index contributed by atoms with van der Waals surface area (Å²) in [6.07, 6.45) is 22.2. The Kier molecular flexibility index (Phi) is 17.9. The second-order valence-corrected chi connectivity index (χ2v) is 15.4. The van der Waals surface area contributed by atoms with Crippen LogP contribution in [0.5, 0.6) is 11.6 Å². The third-order valence-electron chi connectivity index (χ3n) is 10.4. The first-order valence-corrected chi connectivity index (χ1v) is 21.3. The fourth-order valence-electron chi connectivity index (χ4n) is 7.21. The van der Waals surface area contributed by atoms with E-state index in [1.54, 1.807) is 0 Å². The van der Waals surface area contributed by atoms with Gasteiger partial charge in [0.05, 0.1) is 12.1 Å². The fourth-order valence-corrected chi connectivity index (χ4v) is 8.02. The normalized spacial score (nSPS) is 13.6. The van der Waals surface area contributed by atoms with Crippen molar-refractivity contribution >= 4 is 44.0 Å². The summed E-state index contributed by atoms with van der Waals surface area (Å²) in [5.41, 5.74) is 2.18. The number of unbranched alkanes of at least 4 members (excludes halogenated alkanes) is 15. The maximum absolute atomic E-state index is 12.2. The number of rotatable bonds is 26. The van der Waals surface area contributed by atoms with Gasteiger partial charge in [-0.2, -0.15) is 0 Å². The van der Waals surface area contributed by atoms with Crippen molar-refractivity contribution in [2.45, 2.75) is 122 Å². The number of benzene rings is 2. The monoisotopic (exact) mass is 729 g/mol. The molecule has 2 aromatic heterocycles. The molecule has 5 rings (SSSR count). The van der Waals surface area contributed by atoms with Gasteiger partial charge in [0.2, 0.25) is 12.7 Å². The zero-order valence-electron chi connectivity index (χ0n) is 31.8. The number of fused-ring (bicyclic) bond motifs is 2. The number of nitrogens with zero attached hydrogens (tertiary/aromatic N) is 3. The molecule has 0 bridgehead atoms. The van der Waals surface area contributed by atoms with Gasteiger partial charge in [-0.1, -0.05) is 103 Å². The Bertz CT molecular complexity index is 1580. The summed E-state index contributed by atoms with van der Waals surface area (Å²) >= 11 is 1.82. The molecular formula is C44H63N3O4S. The maximum Gasteiger partial charge on any atom is 0.308 e. The van der Waals surface area contributed by atoms with Gasteiger partial charge in [-0.3, -0.25) is 9.69 Å². The Morgan fingerprint density at radius 2 is 1.42 bits per heavy atom. The third-order valence-corrected chi connectivity index (χ3v) is 11.3. The molecule has 0 radical (unpaired) electrons. The van der Waals surface area contributed by atoms with Crippen LogP contribution in [0.25, 0.3) is 21.0 Å². The minimum absolute atomic E-state index is 0.119. The smallest absolute Gasteiger partial charge is 0.308 e. The van der Waals surface area contributed by atoms with E-state index in [0.29, 0.717) is 18.9 Å². The minimum atomic E-state index is -0.208. The Labute approximate surface area is 317 Å². The van der Waals surface area contributed by atoms with E-state index >= 15 is 0 Å². The van der Waals surface area contributed by atoms with Gasteiger partial charge in [-0.05, 0) is 67.6 Å². The lowest BCUT2D eigenvalue weighted by Gasteiger charge is -2.36. The van der Waals surface area contributed by atoms with Crippen molar-refractivity contribution < 1.29 is 19.0 Å². The number of hydrogen-bond donors (Lipinski definition) is 0. The number of aromatic nitrogens is 1. The van der Waals surface area contributed by atoms with E-state index in [1.807, 2.05) is 41.7 Å². The van der Waals surface area contributed by atoms with Crippen LogP contribution in [0, 0.1) is 0 Å². The summed E-state index contributed by atoms with van der Waals surface area (Å²) in [5.74, 6) is 1.04. The van der Waals surface area contributed by atoms with Crippen molar-refractivity contribution in [2.24, 2.45) is 0 Å². The average molecular weight is 730 g/mol. The lowest BCUT2D eigenvalue weighted by Crippen LogP contribution is -2.46. The van der Waals surface area contributed by atoms with Gasteiger partial charge in [0.25, 0.3) is 0 Å². The number of pyridine rings is 1. The molecule has 0 amide bonds. The SMILES string of the molecule is CCCCCCCCCCCCCCCCCC(=O)OCOc1ccc2ccc(OCCCCN3CCN(c4cccc5sccc45)CC3)cc2n1. The van der Waals surface area contributed by atoms with Gasteiger partial charge in [-0.25, -0.2) is 4.98 Å². The van der Waals surface area contributed by atoms with E-state index in [9.17, 15) is 4.79 Å². The Balaban J connectivity index is 0.869. The van der Waals surface area contributed by atoms with Crippen LogP contribution in [-0.4, -0.2) is 62.0 Å². The summed E-state index contributed by atoms with van der Waals surface area (Å²) in [7, 11) is 0. The molecule has 0 N–H and O–H groups in total. The van der Waals surface area contributed by atoms with Crippen LogP contribution in [0.1, 0.15) is 122 Å². The van der Waals surface area contributed by atoms with Crippen LogP contribution < -0.4 is 14.4 Å². The van der Waals surface area contributed by atoms with E-state index < -0.39 is 0 Å². The predicted octanol–water partition coefficient (Wildman–Crippen LogP) is 11.6. The quantitative estimate of drug-likeness (QED) is 0.0362. The first-order chi connectivity index (χ1) is 25.7. The van der Waals surface area contributed by atoms with E-state index in [4.69, 9.17) is 14.2 Å². The lowest BCUT2D eigenvalue weighted by atomic mass is 10.0. The number of hydrogen-bond acceptors (Lipinski definition) is 8. The van der Waals surface area contributed by atoms with Gasteiger partial charge in [0.1, 0.15) is 5.75 Å². The van der Waals surface area contributed by atoms with Gasteiger partial charge < -0.3 is 19.1 Å². The molecule has 1 fully saturated rings. The molecule has 0 aliphatic carbocycles. The molecule has 7 nitrogen and oxygen atoms in total. The molecule has 3 heterocycles. The molecule has 0 spiro atoms. The minimum Gasteiger partial charge on any atom is -0.494 e. The molecule has 1 aliphatic rings. The van der Waals surface area contributed by atoms with Crippen LogP contribution in [0.15, 0.2) is 60.0 Å². The summed E-state index contributed by atoms with van der Waals surface area (Å²) in [6, 6.07) is 18.7. The Hall–Kier alpha value is -3.36. The zero-order valence-corrected chi connectivity index (χ0v) is 32.7. The highest BCUT2D eigenvalue weighted by molar-refractivity contribution is 7.17. The number of carbonyl (C=O) groups is 1. The van der Waals surface area contributed by atoms with Gasteiger partial charge in [0, 0.05) is 65.9 Å². The molecular weight excluding hydrogens is 667 g/mol. The van der Waals surface area contributed by atoms with Crippen LogP contribution in [0.4, 0.5) is 5.69 Å². The van der Waals surface area contributed by atoms with Crippen LogP contribution in [0.3, 0.4) is 0 Å². The second kappa shape index (κ2) is 23.3. The summed E-state index contributed by atoms with van der Waals surface area (Å²) in [6.45, 7) is 8.28. The van der Waals surface area contributed by atoms with Crippen LogP contribution >= 0.6 is 11.3 Å².